The highest BCUT2D eigenvalue weighted by atomic mass is 32.2. The zero-order valence-corrected chi connectivity index (χ0v) is 15.6. The lowest BCUT2D eigenvalue weighted by molar-refractivity contribution is 0.557. The van der Waals surface area contributed by atoms with E-state index in [4.69, 9.17) is 0 Å². The van der Waals surface area contributed by atoms with E-state index in [0.29, 0.717) is 5.65 Å². The zero-order valence-electron chi connectivity index (χ0n) is 14.8. The molecule has 0 aromatic carbocycles. The van der Waals surface area contributed by atoms with E-state index in [9.17, 15) is 8.42 Å². The van der Waals surface area contributed by atoms with Crippen molar-refractivity contribution in [3.8, 4) is 0 Å². The van der Waals surface area contributed by atoms with Crippen LogP contribution in [0.25, 0.3) is 11.0 Å². The average Bonchev–Trinajstić information content (AvgIpc) is 3.04. The molecule has 134 valence electrons. The molecule has 0 fully saturated rings. The lowest BCUT2D eigenvalue weighted by atomic mass is 10.1. The summed E-state index contributed by atoms with van der Waals surface area (Å²) < 4.78 is 24.7. The fourth-order valence-electron chi connectivity index (χ4n) is 2.97. The summed E-state index contributed by atoms with van der Waals surface area (Å²) in [6.45, 7) is 2.24. The summed E-state index contributed by atoms with van der Waals surface area (Å²) in [6.07, 6.45) is 13.8. The SMILES string of the molecule is CCCCCCCCCCCCS(=O)(=O)c1ccc2cc[nH]c2n1. The Balaban J connectivity index is 1.64. The molecule has 0 spiro atoms. The van der Waals surface area contributed by atoms with Crippen LogP contribution in [0, 0.1) is 0 Å². The molecular formula is C19H30N2O2S. The average molecular weight is 351 g/mol. The first-order valence-electron chi connectivity index (χ1n) is 9.30. The molecule has 0 saturated carbocycles. The van der Waals surface area contributed by atoms with Crippen LogP contribution in [0.2, 0.25) is 0 Å². The Kier molecular flexibility index (Phi) is 7.76. The number of rotatable bonds is 12. The predicted molar refractivity (Wildman–Crippen MR) is 100.0 cm³/mol. The third kappa shape index (κ3) is 5.93. The summed E-state index contributed by atoms with van der Waals surface area (Å²) in [4.78, 5) is 7.19. The molecule has 0 aliphatic rings. The maximum Gasteiger partial charge on any atom is 0.195 e. The second-order valence-corrected chi connectivity index (χ2v) is 8.62. The van der Waals surface area contributed by atoms with Crippen LogP contribution in [-0.2, 0) is 9.84 Å². The van der Waals surface area contributed by atoms with Crippen LogP contribution in [0.3, 0.4) is 0 Å². The van der Waals surface area contributed by atoms with Crippen molar-refractivity contribution >= 4 is 20.9 Å². The molecule has 2 aromatic heterocycles. The van der Waals surface area contributed by atoms with Crippen molar-refractivity contribution in [3.63, 3.8) is 0 Å². The molecule has 0 aliphatic heterocycles. The van der Waals surface area contributed by atoms with E-state index in [1.165, 1.54) is 44.9 Å². The molecule has 0 bridgehead atoms. The predicted octanol–water partition coefficient (Wildman–Crippen LogP) is 5.26. The van der Waals surface area contributed by atoms with Gasteiger partial charge in [-0.3, -0.25) is 0 Å². The summed E-state index contributed by atoms with van der Waals surface area (Å²) >= 11 is 0. The van der Waals surface area contributed by atoms with Crippen LogP contribution in [0.1, 0.15) is 71.1 Å². The van der Waals surface area contributed by atoms with Gasteiger partial charge in [0.15, 0.2) is 14.9 Å². The summed E-state index contributed by atoms with van der Waals surface area (Å²) in [6, 6.07) is 5.31. The number of nitrogens with zero attached hydrogens (tertiary/aromatic N) is 1. The number of aromatic amines is 1. The lowest BCUT2D eigenvalue weighted by Gasteiger charge is -2.05. The Labute approximate surface area is 146 Å². The van der Waals surface area contributed by atoms with E-state index in [1.54, 1.807) is 12.3 Å². The Morgan fingerprint density at radius 3 is 2.17 bits per heavy atom. The smallest absolute Gasteiger partial charge is 0.195 e. The van der Waals surface area contributed by atoms with Gasteiger partial charge in [-0.05, 0) is 24.6 Å². The highest BCUT2D eigenvalue weighted by Crippen LogP contribution is 2.17. The van der Waals surface area contributed by atoms with E-state index < -0.39 is 9.84 Å². The summed E-state index contributed by atoms with van der Waals surface area (Å²) in [5, 5.41) is 1.13. The molecule has 0 aliphatic carbocycles. The monoisotopic (exact) mass is 350 g/mol. The van der Waals surface area contributed by atoms with Gasteiger partial charge in [0.2, 0.25) is 0 Å². The van der Waals surface area contributed by atoms with Gasteiger partial charge in [-0.2, -0.15) is 0 Å². The molecule has 0 unspecified atom stereocenters. The topological polar surface area (TPSA) is 62.8 Å². The third-order valence-corrected chi connectivity index (χ3v) is 6.16. The Bertz CT molecular complexity index is 707. The number of fused-ring (bicyclic) bond motifs is 1. The number of nitrogens with one attached hydrogen (secondary N) is 1. The van der Waals surface area contributed by atoms with Crippen molar-refractivity contribution in [3.05, 3.63) is 24.4 Å². The normalized spacial score (nSPS) is 12.0. The van der Waals surface area contributed by atoms with Gasteiger partial charge in [-0.1, -0.05) is 64.7 Å². The fourth-order valence-corrected chi connectivity index (χ4v) is 4.27. The van der Waals surface area contributed by atoms with E-state index >= 15 is 0 Å². The van der Waals surface area contributed by atoms with Crippen molar-refractivity contribution in [1.29, 1.82) is 0 Å². The quantitative estimate of drug-likeness (QED) is 0.531. The van der Waals surface area contributed by atoms with Crippen molar-refractivity contribution < 1.29 is 8.42 Å². The van der Waals surface area contributed by atoms with Gasteiger partial charge in [-0.15, -0.1) is 0 Å². The van der Waals surface area contributed by atoms with Crippen LogP contribution in [-0.4, -0.2) is 24.1 Å². The standard InChI is InChI=1S/C19H30N2O2S/c1-2-3-4-5-6-7-8-9-10-11-16-24(22,23)18-13-12-17-14-15-20-19(17)21-18/h12-15H,2-11,16H2,1H3,(H,20,21). The summed E-state index contributed by atoms with van der Waals surface area (Å²) in [5.74, 6) is 0.197. The molecule has 2 rings (SSSR count). The number of H-pyrrole nitrogens is 1. The van der Waals surface area contributed by atoms with Crippen LogP contribution < -0.4 is 0 Å². The fraction of sp³-hybridized carbons (Fsp3) is 0.632. The van der Waals surface area contributed by atoms with E-state index in [1.807, 2.05) is 12.1 Å². The van der Waals surface area contributed by atoms with E-state index in [2.05, 4.69) is 16.9 Å². The third-order valence-electron chi connectivity index (χ3n) is 4.47. The van der Waals surface area contributed by atoms with E-state index in [0.717, 1.165) is 24.6 Å². The van der Waals surface area contributed by atoms with Crippen molar-refractivity contribution in [2.45, 2.75) is 76.2 Å². The maximum absolute atomic E-state index is 12.4. The largest absolute Gasteiger partial charge is 0.346 e. The molecular weight excluding hydrogens is 320 g/mol. The molecule has 5 heteroatoms. The molecule has 1 N–H and O–H groups in total. The summed E-state index contributed by atoms with van der Waals surface area (Å²) in [7, 11) is -3.27. The number of sulfone groups is 1. The molecule has 4 nitrogen and oxygen atoms in total. The Morgan fingerprint density at radius 2 is 1.50 bits per heavy atom. The minimum Gasteiger partial charge on any atom is -0.346 e. The number of hydrogen-bond donors (Lipinski definition) is 1. The first kappa shape index (κ1) is 19.0. The van der Waals surface area contributed by atoms with Gasteiger partial charge in [0.25, 0.3) is 0 Å². The minimum absolute atomic E-state index is 0.188. The molecule has 0 radical (unpaired) electrons. The van der Waals surface area contributed by atoms with Crippen LogP contribution >= 0.6 is 0 Å². The van der Waals surface area contributed by atoms with Crippen molar-refractivity contribution in [1.82, 2.24) is 9.97 Å². The lowest BCUT2D eigenvalue weighted by Crippen LogP contribution is -2.08. The molecule has 0 amide bonds. The molecule has 2 heterocycles. The van der Waals surface area contributed by atoms with Gasteiger partial charge < -0.3 is 4.98 Å². The summed E-state index contributed by atoms with van der Waals surface area (Å²) in [5.41, 5.74) is 0.638. The highest BCUT2D eigenvalue weighted by molar-refractivity contribution is 7.91. The van der Waals surface area contributed by atoms with Crippen molar-refractivity contribution in [2.24, 2.45) is 0 Å². The van der Waals surface area contributed by atoms with E-state index in [-0.39, 0.29) is 10.8 Å². The Morgan fingerprint density at radius 1 is 0.875 bits per heavy atom. The number of aromatic nitrogens is 2. The molecule has 2 aromatic rings. The van der Waals surface area contributed by atoms with Crippen molar-refractivity contribution in [2.75, 3.05) is 5.75 Å². The van der Waals surface area contributed by atoms with Crippen LogP contribution in [0.5, 0.6) is 0 Å². The number of hydrogen-bond acceptors (Lipinski definition) is 3. The molecule has 0 atom stereocenters. The van der Waals surface area contributed by atoms with Crippen LogP contribution in [0.4, 0.5) is 0 Å². The minimum atomic E-state index is -3.27. The Hall–Kier alpha value is -1.36. The van der Waals surface area contributed by atoms with Crippen LogP contribution in [0.15, 0.2) is 29.4 Å². The second-order valence-electron chi connectivity index (χ2n) is 6.57. The highest BCUT2D eigenvalue weighted by Gasteiger charge is 2.16. The molecule has 24 heavy (non-hydrogen) atoms. The van der Waals surface area contributed by atoms with Gasteiger partial charge in [0, 0.05) is 11.6 Å². The maximum atomic E-state index is 12.4. The molecule has 0 saturated heterocycles. The number of pyridine rings is 1. The zero-order chi connectivity index (χ0) is 17.3. The van der Waals surface area contributed by atoms with Gasteiger partial charge >= 0.3 is 0 Å². The van der Waals surface area contributed by atoms with Gasteiger partial charge in [0.05, 0.1) is 5.75 Å². The number of unbranched alkanes of at least 4 members (excludes halogenated alkanes) is 9. The first-order chi connectivity index (χ1) is 11.6. The van der Waals surface area contributed by atoms with Gasteiger partial charge in [-0.25, -0.2) is 13.4 Å². The second kappa shape index (κ2) is 9.82. The first-order valence-corrected chi connectivity index (χ1v) is 11.0. The van der Waals surface area contributed by atoms with Gasteiger partial charge in [0.1, 0.15) is 5.65 Å².